The Morgan fingerprint density at radius 2 is 1.76 bits per heavy atom. The molecule has 0 aliphatic carbocycles. The molecule has 0 saturated heterocycles. The number of sulfone groups is 1. The number of nitrogens with zero attached hydrogens (tertiary/aromatic N) is 1. The zero-order chi connectivity index (χ0) is 21.4. The maximum Gasteiger partial charge on any atom is 0.416 e. The SMILES string of the molecule is C[C@@H]1CC(=O)N(CC(=O)Nc2ccc(C(F)(F)F)cc2)c2ccccc2S1(=O)=O. The van der Waals surface area contributed by atoms with Crippen LogP contribution in [0.1, 0.15) is 18.9 Å². The van der Waals surface area contributed by atoms with Gasteiger partial charge < -0.3 is 10.2 Å². The number of anilines is 2. The second kappa shape index (κ2) is 7.51. The first-order valence-electron chi connectivity index (χ1n) is 8.60. The van der Waals surface area contributed by atoms with E-state index in [2.05, 4.69) is 5.32 Å². The van der Waals surface area contributed by atoms with Crippen LogP contribution < -0.4 is 10.2 Å². The largest absolute Gasteiger partial charge is 0.416 e. The van der Waals surface area contributed by atoms with Crippen molar-refractivity contribution in [1.29, 1.82) is 0 Å². The molecule has 6 nitrogen and oxygen atoms in total. The van der Waals surface area contributed by atoms with Crippen molar-refractivity contribution in [3.8, 4) is 0 Å². The molecule has 10 heteroatoms. The predicted molar refractivity (Wildman–Crippen MR) is 100 cm³/mol. The highest BCUT2D eigenvalue weighted by atomic mass is 32.2. The van der Waals surface area contributed by atoms with Gasteiger partial charge in [0.15, 0.2) is 9.84 Å². The zero-order valence-electron chi connectivity index (χ0n) is 15.2. The van der Waals surface area contributed by atoms with E-state index in [1.54, 1.807) is 6.07 Å². The van der Waals surface area contributed by atoms with E-state index in [9.17, 15) is 31.2 Å². The lowest BCUT2D eigenvalue weighted by molar-refractivity contribution is -0.137. The topological polar surface area (TPSA) is 83.6 Å². The molecule has 0 fully saturated rings. The van der Waals surface area contributed by atoms with Crippen LogP contribution in [0.4, 0.5) is 24.5 Å². The molecule has 2 amide bonds. The summed E-state index contributed by atoms with van der Waals surface area (Å²) in [7, 11) is -3.74. The van der Waals surface area contributed by atoms with Crippen LogP contribution in [0.2, 0.25) is 0 Å². The third kappa shape index (κ3) is 4.26. The Hall–Kier alpha value is -2.88. The smallest absolute Gasteiger partial charge is 0.325 e. The van der Waals surface area contributed by atoms with Crippen LogP contribution in [0.15, 0.2) is 53.4 Å². The highest BCUT2D eigenvalue weighted by Gasteiger charge is 2.36. The van der Waals surface area contributed by atoms with Crippen LogP contribution >= 0.6 is 0 Å². The molecule has 1 aliphatic rings. The number of carbonyl (C=O) groups excluding carboxylic acids is 2. The third-order valence-electron chi connectivity index (χ3n) is 4.55. The first-order valence-corrected chi connectivity index (χ1v) is 10.1. The van der Waals surface area contributed by atoms with E-state index in [0.29, 0.717) is 0 Å². The first kappa shape index (κ1) is 20.8. The number of benzene rings is 2. The van der Waals surface area contributed by atoms with E-state index in [4.69, 9.17) is 0 Å². The number of nitrogens with one attached hydrogen (secondary N) is 1. The fourth-order valence-corrected chi connectivity index (χ4v) is 4.53. The molecule has 1 aliphatic heterocycles. The molecule has 0 spiro atoms. The summed E-state index contributed by atoms with van der Waals surface area (Å²) in [4.78, 5) is 26.0. The van der Waals surface area contributed by atoms with Crippen LogP contribution in [0.25, 0.3) is 0 Å². The summed E-state index contributed by atoms with van der Waals surface area (Å²) >= 11 is 0. The lowest BCUT2D eigenvalue weighted by Gasteiger charge is -2.22. The van der Waals surface area contributed by atoms with Crippen molar-refractivity contribution in [2.75, 3.05) is 16.8 Å². The van der Waals surface area contributed by atoms with Crippen LogP contribution in [0, 0.1) is 0 Å². The number of fused-ring (bicyclic) bond motifs is 1. The minimum atomic E-state index is -4.49. The van der Waals surface area contributed by atoms with Gasteiger partial charge in [0.1, 0.15) is 6.54 Å². The van der Waals surface area contributed by atoms with Crippen molar-refractivity contribution in [3.63, 3.8) is 0 Å². The van der Waals surface area contributed by atoms with Gasteiger partial charge in [-0.3, -0.25) is 9.59 Å². The van der Waals surface area contributed by atoms with Crippen molar-refractivity contribution >= 4 is 33.0 Å². The average Bonchev–Trinajstić information content (AvgIpc) is 2.71. The van der Waals surface area contributed by atoms with Gasteiger partial charge in [0.25, 0.3) is 0 Å². The van der Waals surface area contributed by atoms with Gasteiger partial charge in [0.05, 0.1) is 21.4 Å². The molecule has 0 radical (unpaired) electrons. The molecule has 3 rings (SSSR count). The standard InChI is InChI=1S/C19H17F3N2O4S/c1-12-10-18(26)24(15-4-2-3-5-16(15)29(12,27)28)11-17(25)23-14-8-6-13(7-9-14)19(20,21)22/h2-9,12H,10-11H2,1H3,(H,23,25)/t12-/m1/s1. The van der Waals surface area contributed by atoms with E-state index in [-0.39, 0.29) is 22.7 Å². The highest BCUT2D eigenvalue weighted by Crippen LogP contribution is 2.33. The number of alkyl halides is 3. The molecular weight excluding hydrogens is 409 g/mol. The highest BCUT2D eigenvalue weighted by molar-refractivity contribution is 7.92. The third-order valence-corrected chi connectivity index (χ3v) is 6.74. The Bertz CT molecular complexity index is 1050. The summed E-state index contributed by atoms with van der Waals surface area (Å²) in [6.07, 6.45) is -4.78. The number of rotatable bonds is 3. The van der Waals surface area contributed by atoms with E-state index < -0.39 is 45.2 Å². The summed E-state index contributed by atoms with van der Waals surface area (Å²) in [6, 6.07) is 9.76. The molecule has 1 N–H and O–H groups in total. The van der Waals surface area contributed by atoms with Crippen molar-refractivity contribution in [3.05, 3.63) is 54.1 Å². The average molecular weight is 426 g/mol. The summed E-state index contributed by atoms with van der Waals surface area (Å²) in [5.41, 5.74) is -0.629. The number of carbonyl (C=O) groups is 2. The van der Waals surface area contributed by atoms with Gasteiger partial charge in [0.2, 0.25) is 11.8 Å². The maximum atomic E-state index is 12.6. The second-order valence-electron chi connectivity index (χ2n) is 6.63. The van der Waals surface area contributed by atoms with Crippen molar-refractivity contribution < 1.29 is 31.2 Å². The minimum Gasteiger partial charge on any atom is -0.325 e. The van der Waals surface area contributed by atoms with Crippen LogP contribution in [-0.4, -0.2) is 32.0 Å². The van der Waals surface area contributed by atoms with E-state index >= 15 is 0 Å². The molecule has 0 bridgehead atoms. The molecule has 1 heterocycles. The summed E-state index contributed by atoms with van der Waals surface area (Å²) in [5.74, 6) is -1.20. The quantitative estimate of drug-likeness (QED) is 0.817. The molecule has 2 aromatic carbocycles. The number of para-hydroxylation sites is 1. The fourth-order valence-electron chi connectivity index (χ4n) is 3.00. The van der Waals surface area contributed by atoms with Gasteiger partial charge >= 0.3 is 6.18 Å². The van der Waals surface area contributed by atoms with Crippen molar-refractivity contribution in [2.24, 2.45) is 0 Å². The van der Waals surface area contributed by atoms with Crippen LogP contribution in [0.3, 0.4) is 0 Å². The molecule has 2 aromatic rings. The Morgan fingerprint density at radius 3 is 2.38 bits per heavy atom. The number of amides is 2. The van der Waals surface area contributed by atoms with E-state index in [0.717, 1.165) is 29.2 Å². The minimum absolute atomic E-state index is 0.0410. The maximum absolute atomic E-state index is 12.6. The Kier molecular flexibility index (Phi) is 5.40. The Balaban J connectivity index is 1.83. The van der Waals surface area contributed by atoms with Gasteiger partial charge in [-0.25, -0.2) is 8.42 Å². The molecule has 0 aromatic heterocycles. The van der Waals surface area contributed by atoms with Gasteiger partial charge in [-0.1, -0.05) is 12.1 Å². The number of halogens is 3. The van der Waals surface area contributed by atoms with E-state index in [1.807, 2.05) is 0 Å². The summed E-state index contributed by atoms with van der Waals surface area (Å²) in [6.45, 7) is 0.953. The van der Waals surface area contributed by atoms with Gasteiger partial charge in [-0.05, 0) is 43.3 Å². The number of hydrogen-bond acceptors (Lipinski definition) is 4. The van der Waals surface area contributed by atoms with Crippen LogP contribution in [0.5, 0.6) is 0 Å². The predicted octanol–water partition coefficient (Wildman–Crippen LogP) is 3.24. The molecule has 29 heavy (non-hydrogen) atoms. The monoisotopic (exact) mass is 426 g/mol. The fraction of sp³-hybridized carbons (Fsp3) is 0.263. The molecule has 0 saturated carbocycles. The molecule has 154 valence electrons. The van der Waals surface area contributed by atoms with E-state index in [1.165, 1.54) is 25.1 Å². The normalized spacial score (nSPS) is 18.7. The summed E-state index contributed by atoms with van der Waals surface area (Å²) < 4.78 is 63.1. The molecule has 0 unspecified atom stereocenters. The lowest BCUT2D eigenvalue weighted by atomic mass is 10.2. The van der Waals surface area contributed by atoms with Crippen molar-refractivity contribution in [1.82, 2.24) is 0 Å². The lowest BCUT2D eigenvalue weighted by Crippen LogP contribution is -2.38. The second-order valence-corrected chi connectivity index (χ2v) is 8.97. The van der Waals surface area contributed by atoms with Crippen molar-refractivity contribution in [2.45, 2.75) is 29.7 Å². The van der Waals surface area contributed by atoms with Gasteiger partial charge in [-0.15, -0.1) is 0 Å². The van der Waals surface area contributed by atoms with Crippen LogP contribution in [-0.2, 0) is 25.6 Å². The molecule has 1 atom stereocenters. The first-order chi connectivity index (χ1) is 13.5. The Morgan fingerprint density at radius 1 is 1.14 bits per heavy atom. The summed E-state index contributed by atoms with van der Waals surface area (Å²) in [5, 5.41) is 1.48. The number of hydrogen-bond donors (Lipinski definition) is 1. The van der Waals surface area contributed by atoms with Gasteiger partial charge in [-0.2, -0.15) is 13.2 Å². The molecular formula is C19H17F3N2O4S. The van der Waals surface area contributed by atoms with Gasteiger partial charge in [0, 0.05) is 12.1 Å². The Labute approximate surface area is 165 Å². The zero-order valence-corrected chi connectivity index (χ0v) is 16.0.